The van der Waals surface area contributed by atoms with E-state index in [9.17, 15) is 13.2 Å². The number of nitrogens with zero attached hydrogens (tertiary/aromatic N) is 4. The molecule has 1 atom stereocenters. The number of hydrogen-bond donors (Lipinski definition) is 0. The SMILES string of the molecule is Cc1ccc(N2CCN(CC[C@@H]3CC4(CCN(S(C)(=O)=O)CC4)C(=O)O3)CC2)c(N2CCOCC2)c1. The lowest BCUT2D eigenvalue weighted by Gasteiger charge is -2.39. The monoisotopic (exact) mass is 520 g/mol. The van der Waals surface area contributed by atoms with Gasteiger partial charge < -0.3 is 19.3 Å². The number of piperazine rings is 1. The molecule has 0 amide bonds. The van der Waals surface area contributed by atoms with Crippen molar-refractivity contribution in [2.24, 2.45) is 5.41 Å². The van der Waals surface area contributed by atoms with Crippen molar-refractivity contribution in [1.82, 2.24) is 9.21 Å². The van der Waals surface area contributed by atoms with Gasteiger partial charge in [0.2, 0.25) is 10.0 Å². The number of esters is 1. The standard InChI is InChI=1S/C26H40N4O5S/c1-21-3-4-23(24(19-21)29-15-17-34-18-16-29)28-13-11-27(12-14-28)8-5-22-20-26(25(31)35-22)6-9-30(10-7-26)36(2,32)33/h3-4,19,22H,5-18,20H2,1-2H3/t22-/m1/s1. The van der Waals surface area contributed by atoms with E-state index in [-0.39, 0.29) is 12.1 Å². The van der Waals surface area contributed by atoms with E-state index >= 15 is 0 Å². The van der Waals surface area contributed by atoms with Crippen molar-refractivity contribution in [2.45, 2.75) is 38.7 Å². The molecule has 36 heavy (non-hydrogen) atoms. The molecule has 1 spiro atoms. The largest absolute Gasteiger partial charge is 0.462 e. The van der Waals surface area contributed by atoms with E-state index in [2.05, 4.69) is 39.8 Å². The molecule has 4 aliphatic rings. The molecule has 0 aliphatic carbocycles. The number of anilines is 2. The first-order valence-electron chi connectivity index (χ1n) is 13.3. The molecule has 4 aliphatic heterocycles. The lowest BCUT2D eigenvalue weighted by atomic mass is 9.76. The van der Waals surface area contributed by atoms with Crippen LogP contribution in [0.15, 0.2) is 18.2 Å². The Labute approximate surface area is 215 Å². The Morgan fingerprint density at radius 1 is 0.944 bits per heavy atom. The number of ether oxygens (including phenoxy) is 2. The number of aryl methyl sites for hydroxylation is 1. The summed E-state index contributed by atoms with van der Waals surface area (Å²) in [7, 11) is -3.20. The second kappa shape index (κ2) is 10.5. The Balaban J connectivity index is 1.12. The second-order valence-corrected chi connectivity index (χ2v) is 12.9. The Morgan fingerprint density at radius 3 is 2.28 bits per heavy atom. The minimum atomic E-state index is -3.20. The van der Waals surface area contributed by atoms with Gasteiger partial charge >= 0.3 is 5.97 Å². The van der Waals surface area contributed by atoms with E-state index in [1.54, 1.807) is 0 Å². The van der Waals surface area contributed by atoms with Crippen LogP contribution in [0.4, 0.5) is 11.4 Å². The van der Waals surface area contributed by atoms with Crippen LogP contribution in [0.5, 0.6) is 0 Å². The average Bonchev–Trinajstić information content (AvgIpc) is 3.17. The van der Waals surface area contributed by atoms with Gasteiger partial charge in [-0.15, -0.1) is 0 Å². The van der Waals surface area contributed by atoms with Gasteiger partial charge in [-0.05, 0) is 43.9 Å². The summed E-state index contributed by atoms with van der Waals surface area (Å²) in [6, 6.07) is 6.77. The molecule has 10 heteroatoms. The number of morpholine rings is 1. The highest BCUT2D eigenvalue weighted by Gasteiger charge is 2.51. The van der Waals surface area contributed by atoms with E-state index in [0.29, 0.717) is 25.9 Å². The van der Waals surface area contributed by atoms with Gasteiger partial charge in [0.1, 0.15) is 6.10 Å². The maximum absolute atomic E-state index is 12.7. The molecule has 9 nitrogen and oxygen atoms in total. The van der Waals surface area contributed by atoms with E-state index in [1.807, 2.05) is 0 Å². The number of sulfonamides is 1. The maximum Gasteiger partial charge on any atom is 0.312 e. The molecule has 0 aromatic heterocycles. The highest BCUT2D eigenvalue weighted by Crippen LogP contribution is 2.44. The lowest BCUT2D eigenvalue weighted by Crippen LogP contribution is -2.47. The van der Waals surface area contributed by atoms with Crippen LogP contribution in [0, 0.1) is 12.3 Å². The summed E-state index contributed by atoms with van der Waals surface area (Å²) in [5.74, 6) is -0.125. The summed E-state index contributed by atoms with van der Waals surface area (Å²) < 4.78 is 36.5. The normalized spacial score (nSPS) is 25.9. The predicted octanol–water partition coefficient (Wildman–Crippen LogP) is 1.70. The molecule has 200 valence electrons. The van der Waals surface area contributed by atoms with Gasteiger partial charge in [-0.3, -0.25) is 9.69 Å². The highest BCUT2D eigenvalue weighted by atomic mass is 32.2. The fourth-order valence-electron chi connectivity index (χ4n) is 6.15. The van der Waals surface area contributed by atoms with Gasteiger partial charge in [0, 0.05) is 65.3 Å². The highest BCUT2D eigenvalue weighted by molar-refractivity contribution is 7.88. The zero-order valence-corrected chi connectivity index (χ0v) is 22.5. The van der Waals surface area contributed by atoms with Crippen molar-refractivity contribution in [3.8, 4) is 0 Å². The fourth-order valence-corrected chi connectivity index (χ4v) is 7.00. The zero-order valence-electron chi connectivity index (χ0n) is 21.7. The Morgan fingerprint density at radius 2 is 1.61 bits per heavy atom. The molecule has 0 N–H and O–H groups in total. The van der Waals surface area contributed by atoms with Crippen LogP contribution in [-0.2, 0) is 24.3 Å². The van der Waals surface area contributed by atoms with Crippen molar-refractivity contribution in [1.29, 1.82) is 0 Å². The summed E-state index contributed by atoms with van der Waals surface area (Å²) in [5.41, 5.74) is 3.42. The predicted molar refractivity (Wildman–Crippen MR) is 140 cm³/mol. The van der Waals surface area contributed by atoms with E-state index in [1.165, 1.54) is 27.5 Å². The van der Waals surface area contributed by atoms with Gasteiger partial charge in [0.15, 0.2) is 0 Å². The van der Waals surface area contributed by atoms with Gasteiger partial charge in [-0.1, -0.05) is 6.07 Å². The van der Waals surface area contributed by atoms with Crippen LogP contribution >= 0.6 is 0 Å². The topological polar surface area (TPSA) is 82.6 Å². The molecule has 1 aromatic carbocycles. The minimum absolute atomic E-state index is 0.0645. The second-order valence-electron chi connectivity index (χ2n) is 10.9. The van der Waals surface area contributed by atoms with E-state index in [0.717, 1.165) is 71.9 Å². The Kier molecular flexibility index (Phi) is 7.49. The first-order valence-corrected chi connectivity index (χ1v) is 15.2. The molecule has 0 unspecified atom stereocenters. The molecule has 1 aromatic rings. The lowest BCUT2D eigenvalue weighted by molar-refractivity contribution is -0.150. The molecule has 4 heterocycles. The molecule has 4 fully saturated rings. The zero-order chi connectivity index (χ0) is 25.3. The third-order valence-electron chi connectivity index (χ3n) is 8.44. The van der Waals surface area contributed by atoms with Crippen molar-refractivity contribution in [3.05, 3.63) is 23.8 Å². The fraction of sp³-hybridized carbons (Fsp3) is 0.731. The average molecular weight is 521 g/mol. The molecule has 0 radical (unpaired) electrons. The summed E-state index contributed by atoms with van der Waals surface area (Å²) >= 11 is 0. The van der Waals surface area contributed by atoms with Crippen molar-refractivity contribution in [3.63, 3.8) is 0 Å². The molecule has 4 saturated heterocycles. The third-order valence-corrected chi connectivity index (χ3v) is 9.74. The molecule has 0 saturated carbocycles. The summed E-state index contributed by atoms with van der Waals surface area (Å²) in [6.07, 6.45) is 3.86. The number of hydrogen-bond acceptors (Lipinski definition) is 8. The number of benzene rings is 1. The van der Waals surface area contributed by atoms with Crippen LogP contribution in [0.1, 0.15) is 31.2 Å². The maximum atomic E-state index is 12.7. The minimum Gasteiger partial charge on any atom is -0.462 e. The molecule has 5 rings (SSSR count). The Hall–Kier alpha value is -1.88. The van der Waals surface area contributed by atoms with E-state index in [4.69, 9.17) is 9.47 Å². The number of piperidine rings is 1. The van der Waals surface area contributed by atoms with Gasteiger partial charge in [0.05, 0.1) is 36.3 Å². The summed E-state index contributed by atoms with van der Waals surface area (Å²) in [4.78, 5) is 20.2. The summed E-state index contributed by atoms with van der Waals surface area (Å²) in [6.45, 7) is 11.3. The van der Waals surface area contributed by atoms with Crippen LogP contribution < -0.4 is 9.80 Å². The number of carbonyl (C=O) groups excluding carboxylic acids is 1. The smallest absolute Gasteiger partial charge is 0.312 e. The van der Waals surface area contributed by atoms with Crippen molar-refractivity contribution < 1.29 is 22.7 Å². The Bertz CT molecular complexity index is 1040. The van der Waals surface area contributed by atoms with Crippen LogP contribution in [0.3, 0.4) is 0 Å². The number of carbonyl (C=O) groups is 1. The van der Waals surface area contributed by atoms with Crippen molar-refractivity contribution in [2.75, 3.05) is 88.2 Å². The number of cyclic esters (lactones) is 1. The van der Waals surface area contributed by atoms with Gasteiger partial charge in [-0.25, -0.2) is 12.7 Å². The first kappa shape index (κ1) is 25.8. The van der Waals surface area contributed by atoms with Crippen LogP contribution in [-0.4, -0.2) is 108 Å². The van der Waals surface area contributed by atoms with Crippen molar-refractivity contribution >= 4 is 27.4 Å². The van der Waals surface area contributed by atoms with Gasteiger partial charge in [-0.2, -0.15) is 0 Å². The van der Waals surface area contributed by atoms with Crippen LogP contribution in [0.25, 0.3) is 0 Å². The third kappa shape index (κ3) is 5.51. The molecular formula is C26H40N4O5S. The quantitative estimate of drug-likeness (QED) is 0.525. The van der Waals surface area contributed by atoms with E-state index < -0.39 is 15.4 Å². The van der Waals surface area contributed by atoms with Crippen LogP contribution in [0.2, 0.25) is 0 Å². The molecule has 0 bridgehead atoms. The number of rotatable bonds is 6. The summed E-state index contributed by atoms with van der Waals surface area (Å²) in [5, 5.41) is 0. The van der Waals surface area contributed by atoms with Gasteiger partial charge in [0.25, 0.3) is 0 Å². The first-order chi connectivity index (χ1) is 17.2. The molecular weight excluding hydrogens is 480 g/mol.